The number of amides is 1. The first-order valence-electron chi connectivity index (χ1n) is 6.75. The van der Waals surface area contributed by atoms with E-state index in [-0.39, 0.29) is 16.7 Å². The lowest BCUT2D eigenvalue weighted by atomic mass is 10.1. The van der Waals surface area contributed by atoms with Gasteiger partial charge in [0, 0.05) is 5.39 Å². The number of aromatic nitrogens is 2. The number of benzene rings is 1. The van der Waals surface area contributed by atoms with E-state index in [0.29, 0.717) is 10.8 Å². The summed E-state index contributed by atoms with van der Waals surface area (Å²) in [5, 5.41) is 3.79. The zero-order valence-electron chi connectivity index (χ0n) is 11.9. The van der Waals surface area contributed by atoms with Crippen molar-refractivity contribution in [3.05, 3.63) is 65.1 Å². The Labute approximate surface area is 139 Å². The summed E-state index contributed by atoms with van der Waals surface area (Å²) in [7, 11) is 0. The molecule has 0 aliphatic carbocycles. The van der Waals surface area contributed by atoms with E-state index in [4.69, 9.17) is 11.6 Å². The van der Waals surface area contributed by atoms with Crippen LogP contribution in [0.5, 0.6) is 0 Å². The van der Waals surface area contributed by atoms with Gasteiger partial charge in [0.2, 0.25) is 0 Å². The van der Waals surface area contributed by atoms with E-state index in [1.807, 2.05) is 0 Å². The molecule has 1 amide bonds. The molecule has 4 nitrogen and oxygen atoms in total. The zero-order valence-corrected chi connectivity index (χ0v) is 12.7. The van der Waals surface area contributed by atoms with Crippen molar-refractivity contribution in [1.29, 1.82) is 0 Å². The van der Waals surface area contributed by atoms with E-state index in [1.165, 1.54) is 12.1 Å². The first-order valence-corrected chi connectivity index (χ1v) is 7.13. The van der Waals surface area contributed by atoms with Gasteiger partial charge in [0.15, 0.2) is 0 Å². The van der Waals surface area contributed by atoms with E-state index >= 15 is 0 Å². The molecule has 1 aromatic carbocycles. The van der Waals surface area contributed by atoms with Crippen LogP contribution in [0, 0.1) is 0 Å². The third-order valence-corrected chi connectivity index (χ3v) is 3.50. The highest BCUT2D eigenvalue weighted by Gasteiger charge is 2.32. The van der Waals surface area contributed by atoms with Gasteiger partial charge in [-0.3, -0.25) is 4.79 Å². The summed E-state index contributed by atoms with van der Waals surface area (Å²) in [5.74, 6) is -0.921. The van der Waals surface area contributed by atoms with Crippen LogP contribution in [0.3, 0.4) is 0 Å². The Balaban J connectivity index is 1.91. The third-order valence-electron chi connectivity index (χ3n) is 3.21. The topological polar surface area (TPSA) is 54.9 Å². The Morgan fingerprint density at radius 3 is 2.54 bits per heavy atom. The molecule has 0 aliphatic heterocycles. The average Bonchev–Trinajstić information content (AvgIpc) is 2.54. The quantitative estimate of drug-likeness (QED) is 0.689. The maximum absolute atomic E-state index is 12.7. The summed E-state index contributed by atoms with van der Waals surface area (Å²) >= 11 is 6.04. The largest absolute Gasteiger partial charge is 0.433 e. The van der Waals surface area contributed by atoms with E-state index in [9.17, 15) is 18.0 Å². The molecule has 0 saturated heterocycles. The van der Waals surface area contributed by atoms with Crippen LogP contribution in [0.4, 0.5) is 19.0 Å². The molecule has 2 heterocycles. The van der Waals surface area contributed by atoms with E-state index in [1.54, 1.807) is 24.3 Å². The van der Waals surface area contributed by atoms with Gasteiger partial charge in [0.1, 0.15) is 22.4 Å². The van der Waals surface area contributed by atoms with Gasteiger partial charge in [-0.05, 0) is 23.6 Å². The second kappa shape index (κ2) is 6.09. The number of nitrogens with zero attached hydrogens (tertiary/aromatic N) is 2. The van der Waals surface area contributed by atoms with Gasteiger partial charge >= 0.3 is 6.18 Å². The summed E-state index contributed by atoms with van der Waals surface area (Å²) in [6.45, 7) is 0. The fourth-order valence-corrected chi connectivity index (χ4v) is 2.38. The lowest BCUT2D eigenvalue weighted by Crippen LogP contribution is -2.16. The number of pyridine rings is 2. The second-order valence-electron chi connectivity index (χ2n) is 4.88. The number of anilines is 1. The highest BCUT2D eigenvalue weighted by molar-refractivity contribution is 6.34. The fraction of sp³-hybridized carbons (Fsp3) is 0.0625. The van der Waals surface area contributed by atoms with Crippen LogP contribution in [-0.4, -0.2) is 15.9 Å². The molecular formula is C16H9ClF3N3O. The summed E-state index contributed by atoms with van der Waals surface area (Å²) < 4.78 is 38.0. The van der Waals surface area contributed by atoms with Gasteiger partial charge in [-0.25, -0.2) is 9.97 Å². The van der Waals surface area contributed by atoms with Crippen molar-refractivity contribution in [2.75, 3.05) is 5.32 Å². The molecule has 0 atom stereocenters. The molecule has 1 N–H and O–H groups in total. The Bertz CT molecular complexity index is 928. The number of hydrogen-bond acceptors (Lipinski definition) is 3. The van der Waals surface area contributed by atoms with Crippen LogP contribution in [0.1, 0.15) is 16.2 Å². The minimum Gasteiger partial charge on any atom is -0.305 e. The van der Waals surface area contributed by atoms with Crippen LogP contribution in [0.25, 0.3) is 10.8 Å². The summed E-state index contributed by atoms with van der Waals surface area (Å²) in [6, 6.07) is 11.8. The number of fused-ring (bicyclic) bond motifs is 1. The van der Waals surface area contributed by atoms with Crippen LogP contribution < -0.4 is 5.32 Å². The molecule has 8 heteroatoms. The third kappa shape index (κ3) is 3.30. The average molecular weight is 352 g/mol. The molecule has 3 rings (SSSR count). The number of halogens is 4. The highest BCUT2D eigenvalue weighted by Crippen LogP contribution is 2.28. The van der Waals surface area contributed by atoms with Crippen LogP contribution in [0.2, 0.25) is 5.15 Å². The molecule has 0 bridgehead atoms. The highest BCUT2D eigenvalue weighted by atomic mass is 35.5. The number of alkyl halides is 3. The molecular weight excluding hydrogens is 343 g/mol. The Hall–Kier alpha value is -2.67. The molecule has 0 aliphatic rings. The van der Waals surface area contributed by atoms with Crippen molar-refractivity contribution >= 4 is 34.1 Å². The molecule has 0 saturated carbocycles. The molecule has 3 aromatic rings. The van der Waals surface area contributed by atoms with Gasteiger partial charge in [-0.1, -0.05) is 41.9 Å². The first kappa shape index (κ1) is 16.2. The molecule has 2 aromatic heterocycles. The van der Waals surface area contributed by atoms with Crippen molar-refractivity contribution in [3.63, 3.8) is 0 Å². The summed E-state index contributed by atoms with van der Waals surface area (Å²) in [4.78, 5) is 19.6. The number of carbonyl (C=O) groups excluding carboxylic acids is 1. The van der Waals surface area contributed by atoms with Gasteiger partial charge < -0.3 is 5.32 Å². The van der Waals surface area contributed by atoms with Crippen LogP contribution in [0.15, 0.2) is 48.5 Å². The predicted octanol–water partition coefficient (Wildman–Crippen LogP) is 4.55. The smallest absolute Gasteiger partial charge is 0.305 e. The number of rotatable bonds is 2. The number of carbonyl (C=O) groups is 1. The minimum absolute atomic E-state index is 0.0158. The SMILES string of the molecule is O=C(Nc1cccc(C(F)(F)F)n1)c1cc2ccccc2c(Cl)n1. The lowest BCUT2D eigenvalue weighted by Gasteiger charge is -2.09. The summed E-state index contributed by atoms with van der Waals surface area (Å²) in [5.41, 5.74) is -1.11. The summed E-state index contributed by atoms with van der Waals surface area (Å²) in [6.07, 6.45) is -4.59. The predicted molar refractivity (Wildman–Crippen MR) is 83.9 cm³/mol. The minimum atomic E-state index is -4.59. The fourth-order valence-electron chi connectivity index (χ4n) is 2.12. The van der Waals surface area contributed by atoms with E-state index < -0.39 is 17.8 Å². The van der Waals surface area contributed by atoms with Gasteiger partial charge in [0.25, 0.3) is 5.91 Å². The maximum atomic E-state index is 12.7. The standard InChI is InChI=1S/C16H9ClF3N3O/c17-14-10-5-2-1-4-9(10)8-11(21-14)15(24)23-13-7-3-6-12(22-13)16(18,19)20/h1-8H,(H,22,23,24). The second-order valence-corrected chi connectivity index (χ2v) is 5.24. The molecule has 0 unspecified atom stereocenters. The van der Waals surface area contributed by atoms with E-state index in [0.717, 1.165) is 12.1 Å². The van der Waals surface area contributed by atoms with Crippen molar-refractivity contribution in [2.24, 2.45) is 0 Å². The van der Waals surface area contributed by atoms with Crippen molar-refractivity contribution in [3.8, 4) is 0 Å². The number of hydrogen-bond donors (Lipinski definition) is 1. The van der Waals surface area contributed by atoms with Crippen molar-refractivity contribution in [1.82, 2.24) is 9.97 Å². The molecule has 0 radical (unpaired) electrons. The van der Waals surface area contributed by atoms with Crippen molar-refractivity contribution in [2.45, 2.75) is 6.18 Å². The lowest BCUT2D eigenvalue weighted by molar-refractivity contribution is -0.141. The Morgan fingerprint density at radius 1 is 1.04 bits per heavy atom. The molecule has 122 valence electrons. The van der Waals surface area contributed by atoms with Gasteiger partial charge in [0.05, 0.1) is 0 Å². The number of nitrogens with one attached hydrogen (secondary N) is 1. The van der Waals surface area contributed by atoms with Gasteiger partial charge in [-0.2, -0.15) is 13.2 Å². The maximum Gasteiger partial charge on any atom is 0.433 e. The molecule has 0 fully saturated rings. The molecule has 0 spiro atoms. The van der Waals surface area contributed by atoms with Gasteiger partial charge in [-0.15, -0.1) is 0 Å². The van der Waals surface area contributed by atoms with E-state index in [2.05, 4.69) is 15.3 Å². The molecule has 24 heavy (non-hydrogen) atoms. The first-order chi connectivity index (χ1) is 11.3. The van der Waals surface area contributed by atoms with Crippen molar-refractivity contribution < 1.29 is 18.0 Å². The zero-order chi connectivity index (χ0) is 17.3. The van der Waals surface area contributed by atoms with Crippen LogP contribution >= 0.6 is 11.6 Å². The Kier molecular flexibility index (Phi) is 4.11. The Morgan fingerprint density at radius 2 is 1.79 bits per heavy atom. The monoisotopic (exact) mass is 351 g/mol. The normalized spacial score (nSPS) is 11.5. The van der Waals surface area contributed by atoms with Crippen LogP contribution in [-0.2, 0) is 6.18 Å².